The molecule has 280 valence electrons. The van der Waals surface area contributed by atoms with E-state index >= 15 is 0 Å². The lowest BCUT2D eigenvalue weighted by atomic mass is 9.60. The highest BCUT2D eigenvalue weighted by molar-refractivity contribution is 6.71. The molecule has 0 amide bonds. The summed E-state index contributed by atoms with van der Waals surface area (Å²) < 4.78 is 0. The molecule has 1 aliphatic rings. The lowest BCUT2D eigenvalue weighted by molar-refractivity contribution is 1.22. The van der Waals surface area contributed by atoms with Gasteiger partial charge in [-0.3, -0.25) is 0 Å². The molecule has 0 radical (unpaired) electrons. The molecule has 10 rings (SSSR count). The van der Waals surface area contributed by atoms with E-state index in [0.29, 0.717) is 0 Å². The van der Waals surface area contributed by atoms with E-state index in [-0.39, 0.29) is 0 Å². The van der Waals surface area contributed by atoms with E-state index in [1.54, 1.807) is 0 Å². The number of rotatable bonds is 10. The van der Waals surface area contributed by atoms with Crippen molar-refractivity contribution in [2.24, 2.45) is 0 Å². The highest BCUT2D eigenvalue weighted by atomic mass is 15.2. The summed E-state index contributed by atoms with van der Waals surface area (Å²) in [4.78, 5) is 9.53. The van der Waals surface area contributed by atoms with Gasteiger partial charge in [0, 0.05) is 51.2 Å². The minimum atomic E-state index is 0.867. The van der Waals surface area contributed by atoms with Crippen LogP contribution in [0.25, 0.3) is 0 Å². The fourth-order valence-corrected chi connectivity index (χ4v) is 8.31. The first-order chi connectivity index (χ1) is 29.3. The van der Waals surface area contributed by atoms with Gasteiger partial charge in [-0.2, -0.15) is 0 Å². The van der Waals surface area contributed by atoms with Crippen molar-refractivity contribution >= 4 is 86.5 Å². The Bertz CT molecular complexity index is 2620. The van der Waals surface area contributed by atoms with Crippen molar-refractivity contribution in [1.29, 1.82) is 0 Å². The number of benzene rings is 9. The molecule has 0 unspecified atom stereocenters. The third kappa shape index (κ3) is 7.11. The van der Waals surface area contributed by atoms with Gasteiger partial charge in [-0.05, 0) is 109 Å². The summed E-state index contributed by atoms with van der Waals surface area (Å²) in [7, 11) is 0.867. The molecular weight excluding hydrogens is 715 g/mol. The first kappa shape index (κ1) is 35.6. The van der Waals surface area contributed by atoms with Crippen LogP contribution in [0.5, 0.6) is 0 Å². The Labute approximate surface area is 347 Å². The largest absolute Gasteiger partial charge is 0.312 e. The van der Waals surface area contributed by atoms with E-state index < -0.39 is 0 Å². The summed E-state index contributed by atoms with van der Waals surface area (Å²) in [6.45, 7) is 0. The Morgan fingerprint density at radius 2 is 0.593 bits per heavy atom. The Morgan fingerprint density at radius 3 is 1.02 bits per heavy atom. The van der Waals surface area contributed by atoms with Crippen molar-refractivity contribution in [2.45, 2.75) is 0 Å². The fourth-order valence-electron chi connectivity index (χ4n) is 8.31. The number of para-hydroxylation sites is 7. The van der Waals surface area contributed by atoms with Crippen molar-refractivity contribution in [3.63, 3.8) is 0 Å². The maximum Gasteiger partial charge on any atom is 0.197 e. The normalized spacial score (nSPS) is 11.5. The van der Waals surface area contributed by atoms with Crippen LogP contribution in [-0.4, -0.2) is 7.28 Å². The standard InChI is InChI=1S/C54H41BN4/c1-7-21-41(22-8-1)56(42-23-9-2-10-24-42)48-37-49(57(43-25-11-3-12-26-43)44-27-13-4-14-28-44)39-50(38-48)58(45-29-15-5-16-30-45)47-35-36-52-54(40-47)59(46-31-17-6-18-32-46)53-34-20-19-33-51(53)55-52/h1-40,55H. The smallest absolute Gasteiger partial charge is 0.197 e. The van der Waals surface area contributed by atoms with Crippen LogP contribution in [0.15, 0.2) is 243 Å². The Balaban J connectivity index is 1.23. The van der Waals surface area contributed by atoms with Crippen molar-refractivity contribution in [3.05, 3.63) is 243 Å². The first-order valence-electron chi connectivity index (χ1n) is 20.2. The highest BCUT2D eigenvalue weighted by Gasteiger charge is 2.27. The third-order valence-electron chi connectivity index (χ3n) is 10.9. The minimum Gasteiger partial charge on any atom is -0.312 e. The third-order valence-corrected chi connectivity index (χ3v) is 10.9. The van der Waals surface area contributed by atoms with Gasteiger partial charge in [-0.25, -0.2) is 0 Å². The van der Waals surface area contributed by atoms with Gasteiger partial charge in [0.05, 0.1) is 17.1 Å². The van der Waals surface area contributed by atoms with Crippen LogP contribution in [0.3, 0.4) is 0 Å². The molecule has 5 heteroatoms. The van der Waals surface area contributed by atoms with Gasteiger partial charge in [-0.1, -0.05) is 144 Å². The number of fused-ring (bicyclic) bond motifs is 2. The van der Waals surface area contributed by atoms with Gasteiger partial charge >= 0.3 is 0 Å². The molecule has 59 heavy (non-hydrogen) atoms. The molecule has 0 bridgehead atoms. The monoisotopic (exact) mass is 756 g/mol. The lowest BCUT2D eigenvalue weighted by Crippen LogP contribution is -2.39. The molecule has 9 aromatic rings. The zero-order chi connectivity index (χ0) is 39.4. The van der Waals surface area contributed by atoms with Crippen LogP contribution >= 0.6 is 0 Å². The fraction of sp³-hybridized carbons (Fsp3) is 0. The topological polar surface area (TPSA) is 13.0 Å². The van der Waals surface area contributed by atoms with Gasteiger partial charge in [0.1, 0.15) is 0 Å². The summed E-state index contributed by atoms with van der Waals surface area (Å²) in [6, 6.07) is 86.8. The van der Waals surface area contributed by atoms with Gasteiger partial charge in [0.25, 0.3) is 0 Å². The molecule has 1 heterocycles. The van der Waals surface area contributed by atoms with E-state index in [2.05, 4.69) is 262 Å². The molecule has 1 aliphatic heterocycles. The summed E-state index contributed by atoms with van der Waals surface area (Å²) in [6.07, 6.45) is 0. The summed E-state index contributed by atoms with van der Waals surface area (Å²) >= 11 is 0. The van der Waals surface area contributed by atoms with Crippen LogP contribution in [-0.2, 0) is 0 Å². The average Bonchev–Trinajstić information content (AvgIpc) is 3.31. The second kappa shape index (κ2) is 16.0. The maximum absolute atomic E-state index is 2.42. The predicted molar refractivity (Wildman–Crippen MR) is 252 cm³/mol. The summed E-state index contributed by atoms with van der Waals surface area (Å²) in [5.74, 6) is 0. The Morgan fingerprint density at radius 1 is 0.254 bits per heavy atom. The van der Waals surface area contributed by atoms with Gasteiger partial charge in [-0.15, -0.1) is 0 Å². The van der Waals surface area contributed by atoms with Crippen LogP contribution in [0.2, 0.25) is 0 Å². The second-order valence-corrected chi connectivity index (χ2v) is 14.7. The molecule has 0 aromatic heterocycles. The number of hydrogen-bond donors (Lipinski definition) is 0. The van der Waals surface area contributed by atoms with Gasteiger partial charge in [0.15, 0.2) is 7.28 Å². The van der Waals surface area contributed by atoms with Crippen molar-refractivity contribution in [3.8, 4) is 0 Å². The number of nitrogens with zero attached hydrogens (tertiary/aromatic N) is 4. The number of hydrogen-bond acceptors (Lipinski definition) is 4. The number of anilines is 12. The molecule has 0 fully saturated rings. The Hall–Kier alpha value is -7.76. The SMILES string of the molecule is B1c2ccccc2N(c2ccccc2)c2cc(N(c3ccccc3)c3cc(N(c4ccccc4)c4ccccc4)cc(N(c4ccccc4)c4ccccc4)c3)ccc21. The van der Waals surface area contributed by atoms with E-state index in [9.17, 15) is 0 Å². The van der Waals surface area contributed by atoms with Gasteiger partial charge < -0.3 is 19.6 Å². The van der Waals surface area contributed by atoms with Crippen LogP contribution in [0, 0.1) is 0 Å². The molecule has 0 saturated heterocycles. The molecule has 0 spiro atoms. The van der Waals surface area contributed by atoms with E-state index in [1.165, 1.54) is 22.3 Å². The van der Waals surface area contributed by atoms with Gasteiger partial charge in [0.2, 0.25) is 0 Å². The van der Waals surface area contributed by atoms with E-state index in [0.717, 1.165) is 64.2 Å². The van der Waals surface area contributed by atoms with Crippen LogP contribution in [0.1, 0.15) is 0 Å². The quantitative estimate of drug-likeness (QED) is 0.129. The molecule has 0 saturated carbocycles. The van der Waals surface area contributed by atoms with E-state index in [1.807, 2.05) is 0 Å². The summed E-state index contributed by atoms with van der Waals surface area (Å²) in [5, 5.41) is 0. The Kier molecular flexibility index (Phi) is 9.67. The molecular formula is C54H41BN4. The zero-order valence-corrected chi connectivity index (χ0v) is 32.6. The summed E-state index contributed by atoms with van der Waals surface area (Å²) in [5.41, 5.74) is 15.6. The lowest BCUT2D eigenvalue weighted by Gasteiger charge is -2.36. The molecule has 0 N–H and O–H groups in total. The van der Waals surface area contributed by atoms with Crippen molar-refractivity contribution < 1.29 is 0 Å². The first-order valence-corrected chi connectivity index (χ1v) is 20.2. The molecule has 0 atom stereocenters. The maximum atomic E-state index is 2.42. The van der Waals surface area contributed by atoms with Crippen LogP contribution in [0.4, 0.5) is 68.2 Å². The molecule has 4 nitrogen and oxygen atoms in total. The minimum absolute atomic E-state index is 0.867. The zero-order valence-electron chi connectivity index (χ0n) is 32.6. The average molecular weight is 757 g/mol. The highest BCUT2D eigenvalue weighted by Crippen LogP contribution is 2.47. The van der Waals surface area contributed by atoms with E-state index in [4.69, 9.17) is 0 Å². The second-order valence-electron chi connectivity index (χ2n) is 14.7. The van der Waals surface area contributed by atoms with Crippen molar-refractivity contribution in [2.75, 3.05) is 19.6 Å². The predicted octanol–water partition coefficient (Wildman–Crippen LogP) is 13.3. The van der Waals surface area contributed by atoms with Crippen LogP contribution < -0.4 is 30.5 Å². The molecule has 9 aromatic carbocycles. The molecule has 0 aliphatic carbocycles. The van der Waals surface area contributed by atoms with Crippen molar-refractivity contribution in [1.82, 2.24) is 0 Å².